The molecule has 96 valence electrons. The minimum absolute atomic E-state index is 0.0787. The van der Waals surface area contributed by atoms with Crippen LogP contribution in [0.1, 0.15) is 31.3 Å². The second-order valence-electron chi connectivity index (χ2n) is 4.00. The number of aryl methyl sites for hydroxylation is 1. The van der Waals surface area contributed by atoms with Gasteiger partial charge >= 0.3 is 0 Å². The Kier molecular flexibility index (Phi) is 4.49. The zero-order chi connectivity index (χ0) is 13.0. The number of imidazole rings is 1. The van der Waals surface area contributed by atoms with Crippen LogP contribution in [0.15, 0.2) is 35.3 Å². The lowest BCUT2D eigenvalue weighted by Crippen LogP contribution is -2.25. The Morgan fingerprint density at radius 1 is 1.39 bits per heavy atom. The molecule has 0 saturated heterocycles. The quantitative estimate of drug-likeness (QED) is 0.923. The molecular weight excluding hydrogens is 292 g/mol. The fourth-order valence-electron chi connectivity index (χ4n) is 2.00. The first-order chi connectivity index (χ1) is 8.76. The Labute approximate surface area is 116 Å². The van der Waals surface area contributed by atoms with Crippen molar-refractivity contribution < 1.29 is 0 Å². The summed E-state index contributed by atoms with van der Waals surface area (Å²) in [5.41, 5.74) is 1.12. The molecule has 0 spiro atoms. The lowest BCUT2D eigenvalue weighted by Gasteiger charge is -2.18. The third kappa shape index (κ3) is 2.79. The number of hydrogen-bond donors (Lipinski definition) is 1. The molecule has 0 fully saturated rings. The van der Waals surface area contributed by atoms with E-state index in [4.69, 9.17) is 0 Å². The molecule has 0 radical (unpaired) electrons. The van der Waals surface area contributed by atoms with E-state index in [0.717, 1.165) is 29.0 Å². The predicted molar refractivity (Wildman–Crippen MR) is 75.4 cm³/mol. The van der Waals surface area contributed by atoms with Crippen LogP contribution in [0.25, 0.3) is 0 Å². The van der Waals surface area contributed by atoms with E-state index >= 15 is 0 Å². The molecule has 0 bridgehead atoms. The van der Waals surface area contributed by atoms with Crippen LogP contribution in [-0.2, 0) is 6.54 Å². The van der Waals surface area contributed by atoms with Gasteiger partial charge in [-0.3, -0.25) is 4.98 Å². The van der Waals surface area contributed by atoms with Gasteiger partial charge in [-0.25, -0.2) is 4.98 Å². The molecule has 1 atom stereocenters. The molecule has 1 N–H and O–H groups in total. The molecule has 18 heavy (non-hydrogen) atoms. The van der Waals surface area contributed by atoms with Crippen molar-refractivity contribution in [3.05, 3.63) is 46.7 Å². The van der Waals surface area contributed by atoms with Gasteiger partial charge in [0, 0.05) is 35.8 Å². The molecule has 2 aromatic rings. The first-order valence-electron chi connectivity index (χ1n) is 6.11. The fraction of sp³-hybridized carbons (Fsp3) is 0.385. The van der Waals surface area contributed by atoms with E-state index in [1.165, 1.54) is 0 Å². The summed E-state index contributed by atoms with van der Waals surface area (Å²) in [5, 5.41) is 3.46. The van der Waals surface area contributed by atoms with Crippen LogP contribution in [0.4, 0.5) is 0 Å². The summed E-state index contributed by atoms with van der Waals surface area (Å²) in [6.45, 7) is 6.01. The van der Waals surface area contributed by atoms with Crippen molar-refractivity contribution in [2.24, 2.45) is 0 Å². The number of hydrogen-bond acceptors (Lipinski definition) is 3. The molecular formula is C13H17BrN4. The normalized spacial score (nSPS) is 12.6. The third-order valence-electron chi connectivity index (χ3n) is 2.81. The molecule has 0 aliphatic heterocycles. The number of pyridine rings is 1. The molecule has 1 unspecified atom stereocenters. The summed E-state index contributed by atoms with van der Waals surface area (Å²) in [6, 6.07) is 2.16. The molecule has 4 nitrogen and oxygen atoms in total. The smallest absolute Gasteiger partial charge is 0.130 e. The first kappa shape index (κ1) is 13.2. The summed E-state index contributed by atoms with van der Waals surface area (Å²) < 4.78 is 3.13. The minimum atomic E-state index is 0.0787. The van der Waals surface area contributed by atoms with Gasteiger partial charge in [0.05, 0.1) is 6.04 Å². The number of halogens is 1. The average molecular weight is 309 g/mol. The summed E-state index contributed by atoms with van der Waals surface area (Å²) in [5.74, 6) is 1.03. The second-order valence-corrected chi connectivity index (χ2v) is 4.91. The fourth-order valence-corrected chi connectivity index (χ4v) is 2.38. The molecule has 0 saturated carbocycles. The van der Waals surface area contributed by atoms with Crippen molar-refractivity contribution in [3.63, 3.8) is 0 Å². The van der Waals surface area contributed by atoms with Crippen LogP contribution in [0, 0.1) is 0 Å². The van der Waals surface area contributed by atoms with Crippen molar-refractivity contribution in [2.45, 2.75) is 26.4 Å². The topological polar surface area (TPSA) is 42.7 Å². The van der Waals surface area contributed by atoms with Crippen molar-refractivity contribution in [2.75, 3.05) is 6.54 Å². The minimum Gasteiger partial charge on any atom is -0.334 e. The zero-order valence-electron chi connectivity index (χ0n) is 10.6. The van der Waals surface area contributed by atoms with Gasteiger partial charge in [-0.15, -0.1) is 0 Å². The Morgan fingerprint density at radius 3 is 2.89 bits per heavy atom. The van der Waals surface area contributed by atoms with E-state index in [-0.39, 0.29) is 6.04 Å². The molecule has 2 aromatic heterocycles. The average Bonchev–Trinajstić information content (AvgIpc) is 2.84. The van der Waals surface area contributed by atoms with Gasteiger partial charge in [0.25, 0.3) is 0 Å². The summed E-state index contributed by atoms with van der Waals surface area (Å²) >= 11 is 3.46. The van der Waals surface area contributed by atoms with Gasteiger partial charge in [-0.1, -0.05) is 6.92 Å². The van der Waals surface area contributed by atoms with Crippen molar-refractivity contribution in [1.29, 1.82) is 0 Å². The number of rotatable bonds is 5. The zero-order valence-corrected chi connectivity index (χ0v) is 12.2. The van der Waals surface area contributed by atoms with Crippen LogP contribution in [0.3, 0.4) is 0 Å². The van der Waals surface area contributed by atoms with Crippen molar-refractivity contribution in [1.82, 2.24) is 19.9 Å². The van der Waals surface area contributed by atoms with Gasteiger partial charge in [-0.05, 0) is 41.0 Å². The lowest BCUT2D eigenvalue weighted by molar-refractivity contribution is 0.557. The van der Waals surface area contributed by atoms with E-state index in [9.17, 15) is 0 Å². The lowest BCUT2D eigenvalue weighted by atomic mass is 10.1. The van der Waals surface area contributed by atoms with E-state index in [2.05, 4.69) is 55.7 Å². The molecule has 2 rings (SSSR count). The van der Waals surface area contributed by atoms with Gasteiger partial charge in [0.15, 0.2) is 0 Å². The maximum absolute atomic E-state index is 4.47. The van der Waals surface area contributed by atoms with Crippen molar-refractivity contribution >= 4 is 15.9 Å². The van der Waals surface area contributed by atoms with E-state index < -0.39 is 0 Å². The van der Waals surface area contributed by atoms with E-state index in [1.54, 1.807) is 6.20 Å². The second kappa shape index (κ2) is 6.11. The van der Waals surface area contributed by atoms with Gasteiger partial charge in [0.2, 0.25) is 0 Å². The van der Waals surface area contributed by atoms with Crippen LogP contribution in [-0.4, -0.2) is 21.1 Å². The maximum atomic E-state index is 4.47. The van der Waals surface area contributed by atoms with E-state index in [0.29, 0.717) is 0 Å². The SMILES string of the molecule is CCNC(c1cncc(Br)c1)c1nccn1CC. The summed E-state index contributed by atoms with van der Waals surface area (Å²) in [7, 11) is 0. The Balaban J connectivity index is 2.39. The molecule has 5 heteroatoms. The Bertz CT molecular complexity index is 509. The van der Waals surface area contributed by atoms with Gasteiger partial charge < -0.3 is 9.88 Å². The highest BCUT2D eigenvalue weighted by atomic mass is 79.9. The van der Waals surface area contributed by atoms with Gasteiger partial charge in [0.1, 0.15) is 5.82 Å². The molecule has 2 heterocycles. The van der Waals surface area contributed by atoms with Crippen LogP contribution in [0.2, 0.25) is 0 Å². The monoisotopic (exact) mass is 308 g/mol. The Hall–Kier alpha value is -1.20. The van der Waals surface area contributed by atoms with E-state index in [1.807, 2.05) is 18.6 Å². The highest BCUT2D eigenvalue weighted by Gasteiger charge is 2.18. The van der Waals surface area contributed by atoms with Crippen LogP contribution < -0.4 is 5.32 Å². The number of nitrogens with one attached hydrogen (secondary N) is 1. The number of aromatic nitrogens is 3. The predicted octanol–water partition coefficient (Wildman–Crippen LogP) is 2.76. The molecule has 0 amide bonds. The van der Waals surface area contributed by atoms with Crippen LogP contribution >= 0.6 is 15.9 Å². The molecule has 0 aliphatic rings. The highest BCUT2D eigenvalue weighted by molar-refractivity contribution is 9.10. The largest absolute Gasteiger partial charge is 0.334 e. The number of nitrogens with zero attached hydrogens (tertiary/aromatic N) is 3. The summed E-state index contributed by atoms with van der Waals surface area (Å²) in [6.07, 6.45) is 7.52. The Morgan fingerprint density at radius 2 is 2.22 bits per heavy atom. The van der Waals surface area contributed by atoms with Gasteiger partial charge in [-0.2, -0.15) is 0 Å². The third-order valence-corrected chi connectivity index (χ3v) is 3.25. The molecule has 0 aromatic carbocycles. The summed E-state index contributed by atoms with van der Waals surface area (Å²) in [4.78, 5) is 8.70. The van der Waals surface area contributed by atoms with Crippen LogP contribution in [0.5, 0.6) is 0 Å². The van der Waals surface area contributed by atoms with Crippen molar-refractivity contribution in [3.8, 4) is 0 Å². The maximum Gasteiger partial charge on any atom is 0.130 e. The molecule has 0 aliphatic carbocycles. The highest BCUT2D eigenvalue weighted by Crippen LogP contribution is 2.22. The standard InChI is InChI=1S/C13H17BrN4/c1-3-16-12(10-7-11(14)9-15-8-10)13-17-5-6-18(13)4-2/h5-9,12,16H,3-4H2,1-2H3. The first-order valence-corrected chi connectivity index (χ1v) is 6.90.